The van der Waals surface area contributed by atoms with E-state index in [1.165, 1.54) is 0 Å². The van der Waals surface area contributed by atoms with E-state index >= 15 is 0 Å². The molecular weight excluding hydrogens is 357 g/mol. The normalized spacial score (nSPS) is 12.8. The number of thiazole rings is 1. The molecule has 0 aliphatic heterocycles. The maximum Gasteiger partial charge on any atom is 0.434 e. The Balaban J connectivity index is 2.51. The number of guanidine groups is 1. The summed E-state index contributed by atoms with van der Waals surface area (Å²) in [6, 6.07) is 0. The van der Waals surface area contributed by atoms with Crippen LogP contribution in [0.4, 0.5) is 13.2 Å². The molecule has 0 amide bonds. The maximum atomic E-state index is 12.5. The Morgan fingerprint density at radius 1 is 1.32 bits per heavy atom. The van der Waals surface area contributed by atoms with Crippen molar-refractivity contribution in [3.8, 4) is 0 Å². The fourth-order valence-electron chi connectivity index (χ4n) is 1.70. The van der Waals surface area contributed by atoms with E-state index in [9.17, 15) is 18.0 Å². The fraction of sp³-hybridized carbons (Fsp3) is 0.667. The average Bonchev–Trinajstić information content (AvgIpc) is 2.92. The third kappa shape index (κ3) is 8.71. The van der Waals surface area contributed by atoms with Crippen LogP contribution in [0, 0.1) is 0 Å². The van der Waals surface area contributed by atoms with Gasteiger partial charge in [-0.15, -0.1) is 11.3 Å². The summed E-state index contributed by atoms with van der Waals surface area (Å²) in [7, 11) is 0. The van der Waals surface area contributed by atoms with E-state index in [1.807, 2.05) is 6.92 Å². The van der Waals surface area contributed by atoms with E-state index < -0.39 is 23.4 Å². The lowest BCUT2D eigenvalue weighted by molar-refractivity contribution is -0.152. The number of aliphatic imine (C=N–C) groups is 1. The number of ether oxygens (including phenoxy) is 1. The molecule has 0 aliphatic rings. The highest BCUT2D eigenvalue weighted by Gasteiger charge is 2.33. The second-order valence-electron chi connectivity index (χ2n) is 6.08. The number of carbonyl (C=O) groups excluding carboxylic acids is 1. The lowest BCUT2D eigenvalue weighted by atomic mass is 10.2. The van der Waals surface area contributed by atoms with Gasteiger partial charge in [-0.1, -0.05) is 0 Å². The zero-order chi connectivity index (χ0) is 19.1. The highest BCUT2D eigenvalue weighted by molar-refractivity contribution is 7.09. The van der Waals surface area contributed by atoms with Gasteiger partial charge >= 0.3 is 12.1 Å². The zero-order valence-corrected chi connectivity index (χ0v) is 15.5. The molecule has 1 aromatic heterocycles. The summed E-state index contributed by atoms with van der Waals surface area (Å²) < 4.78 is 42.7. The molecule has 0 bridgehead atoms. The van der Waals surface area contributed by atoms with Gasteiger partial charge in [0.15, 0.2) is 11.7 Å². The molecule has 2 N–H and O–H groups in total. The van der Waals surface area contributed by atoms with Gasteiger partial charge in [0.05, 0.1) is 5.01 Å². The minimum Gasteiger partial charge on any atom is -0.459 e. The Morgan fingerprint density at radius 3 is 2.52 bits per heavy atom. The number of halogens is 3. The fourth-order valence-corrected chi connectivity index (χ4v) is 2.51. The molecule has 1 rings (SSSR count). The molecule has 0 spiro atoms. The molecule has 0 aliphatic carbocycles. The second-order valence-corrected chi connectivity index (χ2v) is 7.03. The van der Waals surface area contributed by atoms with Crippen LogP contribution in [0.15, 0.2) is 10.4 Å². The van der Waals surface area contributed by atoms with Gasteiger partial charge in [0.2, 0.25) is 0 Å². The largest absolute Gasteiger partial charge is 0.459 e. The van der Waals surface area contributed by atoms with Crippen molar-refractivity contribution >= 4 is 23.3 Å². The molecule has 0 saturated heterocycles. The van der Waals surface area contributed by atoms with Gasteiger partial charge in [-0.05, 0) is 27.7 Å². The van der Waals surface area contributed by atoms with Crippen molar-refractivity contribution in [3.05, 3.63) is 16.1 Å². The summed E-state index contributed by atoms with van der Waals surface area (Å²) in [4.78, 5) is 19.3. The number of alkyl halides is 3. The van der Waals surface area contributed by atoms with Crippen molar-refractivity contribution < 1.29 is 22.7 Å². The van der Waals surface area contributed by atoms with Crippen LogP contribution in [-0.4, -0.2) is 42.1 Å². The summed E-state index contributed by atoms with van der Waals surface area (Å²) in [6.45, 7) is 7.92. The number of nitrogens with one attached hydrogen (secondary N) is 2. The van der Waals surface area contributed by atoms with Gasteiger partial charge in [0.25, 0.3) is 0 Å². The van der Waals surface area contributed by atoms with E-state index in [-0.39, 0.29) is 6.54 Å². The van der Waals surface area contributed by atoms with E-state index in [0.29, 0.717) is 30.5 Å². The van der Waals surface area contributed by atoms with Crippen molar-refractivity contribution in [2.24, 2.45) is 4.99 Å². The summed E-state index contributed by atoms with van der Waals surface area (Å²) in [5.74, 6) is -0.0691. The molecule has 25 heavy (non-hydrogen) atoms. The third-order valence-corrected chi connectivity index (χ3v) is 3.51. The van der Waals surface area contributed by atoms with Crippen LogP contribution >= 0.6 is 11.3 Å². The Labute approximate surface area is 148 Å². The lowest BCUT2D eigenvalue weighted by Gasteiger charge is -2.19. The van der Waals surface area contributed by atoms with Crippen LogP contribution in [-0.2, 0) is 22.1 Å². The molecule has 0 radical (unpaired) electrons. The number of hydrogen-bond acceptors (Lipinski definition) is 5. The van der Waals surface area contributed by atoms with Crippen molar-refractivity contribution in [1.82, 2.24) is 15.6 Å². The topological polar surface area (TPSA) is 75.6 Å². The van der Waals surface area contributed by atoms with E-state index in [2.05, 4.69) is 20.6 Å². The summed E-state index contributed by atoms with van der Waals surface area (Å²) in [5.41, 5.74) is -1.46. The van der Waals surface area contributed by atoms with Crippen molar-refractivity contribution in [2.75, 3.05) is 19.6 Å². The van der Waals surface area contributed by atoms with Crippen LogP contribution in [0.25, 0.3) is 0 Å². The molecular formula is C15H23F3N4O2S. The summed E-state index contributed by atoms with van der Waals surface area (Å²) >= 11 is 0.961. The first-order valence-electron chi connectivity index (χ1n) is 7.77. The molecule has 0 atom stereocenters. The van der Waals surface area contributed by atoms with Gasteiger partial charge < -0.3 is 15.4 Å². The van der Waals surface area contributed by atoms with Crippen LogP contribution in [0.5, 0.6) is 0 Å². The van der Waals surface area contributed by atoms with Gasteiger partial charge in [0, 0.05) is 24.9 Å². The van der Waals surface area contributed by atoms with Crippen molar-refractivity contribution in [1.29, 1.82) is 0 Å². The number of nitrogens with zero attached hydrogens (tertiary/aromatic N) is 2. The zero-order valence-electron chi connectivity index (χ0n) is 14.7. The molecule has 0 unspecified atom stereocenters. The van der Waals surface area contributed by atoms with Gasteiger partial charge in [-0.25, -0.2) is 9.98 Å². The smallest absolute Gasteiger partial charge is 0.434 e. The highest BCUT2D eigenvalue weighted by Crippen LogP contribution is 2.29. The first-order chi connectivity index (χ1) is 11.5. The van der Waals surface area contributed by atoms with Crippen LogP contribution in [0.2, 0.25) is 0 Å². The van der Waals surface area contributed by atoms with E-state index in [0.717, 1.165) is 16.7 Å². The van der Waals surface area contributed by atoms with Gasteiger partial charge in [-0.2, -0.15) is 13.2 Å². The average molecular weight is 380 g/mol. The minimum absolute atomic E-state index is 0.151. The Bertz CT molecular complexity index is 594. The minimum atomic E-state index is -4.42. The molecule has 142 valence electrons. The first kappa shape index (κ1) is 21.2. The van der Waals surface area contributed by atoms with Crippen LogP contribution in [0.1, 0.15) is 38.4 Å². The number of hydrogen-bond donors (Lipinski definition) is 2. The van der Waals surface area contributed by atoms with E-state index in [1.54, 1.807) is 20.8 Å². The van der Waals surface area contributed by atoms with Crippen molar-refractivity contribution in [3.63, 3.8) is 0 Å². The maximum absolute atomic E-state index is 12.5. The number of rotatable bonds is 6. The van der Waals surface area contributed by atoms with E-state index in [4.69, 9.17) is 4.74 Å². The molecule has 0 fully saturated rings. The third-order valence-electron chi connectivity index (χ3n) is 2.60. The molecule has 0 aromatic carbocycles. The van der Waals surface area contributed by atoms with Crippen LogP contribution < -0.4 is 10.6 Å². The monoisotopic (exact) mass is 380 g/mol. The Morgan fingerprint density at radius 2 is 2.00 bits per heavy atom. The Hall–Kier alpha value is -1.84. The second kappa shape index (κ2) is 9.02. The SMILES string of the molecule is CCNC(=NCC(=O)OC(C)(C)C)NCCc1nc(C(F)(F)F)cs1. The molecule has 0 saturated carbocycles. The number of aromatic nitrogens is 1. The molecule has 10 heteroatoms. The predicted octanol–water partition coefficient (Wildman–Crippen LogP) is 2.60. The number of carbonyl (C=O) groups is 1. The Kier molecular flexibility index (Phi) is 7.65. The standard InChI is InChI=1S/C15H23F3N4O2S/c1-5-19-13(21-8-12(23)24-14(2,3)4)20-7-6-11-22-10(9-25-11)15(16,17)18/h9H,5-8H2,1-4H3,(H2,19,20,21). The lowest BCUT2D eigenvalue weighted by Crippen LogP contribution is -2.39. The van der Waals surface area contributed by atoms with Crippen molar-refractivity contribution in [2.45, 2.75) is 45.9 Å². The summed E-state index contributed by atoms with van der Waals surface area (Å²) in [5, 5.41) is 7.28. The first-order valence-corrected chi connectivity index (χ1v) is 8.65. The predicted molar refractivity (Wildman–Crippen MR) is 90.6 cm³/mol. The summed E-state index contributed by atoms with van der Waals surface area (Å²) in [6.07, 6.45) is -4.11. The number of esters is 1. The quantitative estimate of drug-likeness (QED) is 0.451. The van der Waals surface area contributed by atoms with Crippen LogP contribution in [0.3, 0.4) is 0 Å². The molecule has 1 heterocycles. The highest BCUT2D eigenvalue weighted by atomic mass is 32.1. The molecule has 6 nitrogen and oxygen atoms in total. The molecule has 1 aromatic rings. The van der Waals surface area contributed by atoms with Gasteiger partial charge in [-0.3, -0.25) is 4.79 Å². The van der Waals surface area contributed by atoms with Gasteiger partial charge in [0.1, 0.15) is 12.1 Å².